The lowest BCUT2D eigenvalue weighted by Crippen LogP contribution is -2.58. The van der Waals surface area contributed by atoms with Crippen LogP contribution in [0.25, 0.3) is 0 Å². The molecule has 0 aromatic rings. The number of halogens is 6. The van der Waals surface area contributed by atoms with Gasteiger partial charge in [-0.1, -0.05) is 0 Å². The Hall–Kier alpha value is -1.50. The van der Waals surface area contributed by atoms with Gasteiger partial charge in [0, 0.05) is 19.6 Å². The highest BCUT2D eigenvalue weighted by molar-refractivity contribution is 5.81. The standard InChI is InChI=1S/C9H9F6N3O/c10-8(11,12)6(9(13,14)15)7(19)18-2-1-17-4-5(18)3-16/h5-6,17H,1-2,4H2. The van der Waals surface area contributed by atoms with Crippen LogP contribution in [0.5, 0.6) is 0 Å². The van der Waals surface area contributed by atoms with Crippen LogP contribution in [-0.4, -0.2) is 48.8 Å². The Morgan fingerprint density at radius 1 is 1.26 bits per heavy atom. The molecular formula is C9H9F6N3O. The quantitative estimate of drug-likeness (QED) is 0.734. The molecule has 0 saturated carbocycles. The first-order valence-corrected chi connectivity index (χ1v) is 5.13. The molecule has 0 radical (unpaired) electrons. The monoisotopic (exact) mass is 289 g/mol. The molecule has 0 aromatic heterocycles. The van der Waals surface area contributed by atoms with E-state index in [-0.39, 0.29) is 19.6 Å². The molecule has 19 heavy (non-hydrogen) atoms. The maximum Gasteiger partial charge on any atom is 0.409 e. The molecule has 1 heterocycles. The smallest absolute Gasteiger partial charge is 0.323 e. The van der Waals surface area contributed by atoms with Gasteiger partial charge in [-0.15, -0.1) is 0 Å². The SMILES string of the molecule is N#CC1CNCCN1C(=O)C(C(F)(F)F)C(F)(F)F. The molecule has 1 fully saturated rings. The Morgan fingerprint density at radius 2 is 1.79 bits per heavy atom. The predicted molar refractivity (Wildman–Crippen MR) is 49.6 cm³/mol. The normalized spacial score (nSPS) is 21.4. The lowest BCUT2D eigenvalue weighted by molar-refractivity contribution is -0.278. The van der Waals surface area contributed by atoms with E-state index in [0.29, 0.717) is 4.90 Å². The van der Waals surface area contributed by atoms with Crippen LogP contribution in [-0.2, 0) is 4.79 Å². The Morgan fingerprint density at radius 3 is 2.21 bits per heavy atom. The van der Waals surface area contributed by atoms with Crippen LogP contribution in [0.3, 0.4) is 0 Å². The van der Waals surface area contributed by atoms with Gasteiger partial charge in [0.25, 0.3) is 0 Å². The molecule has 1 amide bonds. The highest BCUT2D eigenvalue weighted by Gasteiger charge is 2.62. The van der Waals surface area contributed by atoms with Crippen LogP contribution in [0.2, 0.25) is 0 Å². The number of hydrogen-bond acceptors (Lipinski definition) is 3. The van der Waals surface area contributed by atoms with Gasteiger partial charge in [0.15, 0.2) is 0 Å². The van der Waals surface area contributed by atoms with E-state index >= 15 is 0 Å². The zero-order valence-corrected chi connectivity index (χ0v) is 9.35. The maximum absolute atomic E-state index is 12.4. The fourth-order valence-electron chi connectivity index (χ4n) is 1.71. The summed E-state index contributed by atoms with van der Waals surface area (Å²) in [6.45, 7) is -0.503. The molecule has 4 nitrogen and oxygen atoms in total. The molecule has 1 unspecified atom stereocenters. The van der Waals surface area contributed by atoms with Gasteiger partial charge in [-0.05, 0) is 0 Å². The summed E-state index contributed by atoms with van der Waals surface area (Å²) in [5.41, 5.74) is 0. The summed E-state index contributed by atoms with van der Waals surface area (Å²) < 4.78 is 74.3. The van der Waals surface area contributed by atoms with Crippen LogP contribution >= 0.6 is 0 Å². The molecule has 0 bridgehead atoms. The van der Waals surface area contributed by atoms with Gasteiger partial charge in [-0.25, -0.2) is 0 Å². The Balaban J connectivity index is 3.03. The van der Waals surface area contributed by atoms with E-state index in [4.69, 9.17) is 5.26 Å². The summed E-state index contributed by atoms with van der Waals surface area (Å²) in [4.78, 5) is 11.8. The lowest BCUT2D eigenvalue weighted by Gasteiger charge is -2.35. The zero-order valence-electron chi connectivity index (χ0n) is 9.35. The van der Waals surface area contributed by atoms with Crippen molar-refractivity contribution in [3.63, 3.8) is 0 Å². The molecule has 0 aliphatic carbocycles. The summed E-state index contributed by atoms with van der Waals surface area (Å²) in [7, 11) is 0. The van der Waals surface area contributed by atoms with Crippen LogP contribution in [0.15, 0.2) is 0 Å². The largest absolute Gasteiger partial charge is 0.409 e. The van der Waals surface area contributed by atoms with Crippen molar-refractivity contribution < 1.29 is 31.1 Å². The number of piperazine rings is 1. The highest BCUT2D eigenvalue weighted by Crippen LogP contribution is 2.40. The average molecular weight is 289 g/mol. The third-order valence-corrected chi connectivity index (χ3v) is 2.58. The van der Waals surface area contributed by atoms with Crippen LogP contribution < -0.4 is 5.32 Å². The van der Waals surface area contributed by atoms with Gasteiger partial charge >= 0.3 is 12.4 Å². The van der Waals surface area contributed by atoms with Gasteiger partial charge in [-0.2, -0.15) is 31.6 Å². The number of carbonyl (C=O) groups is 1. The number of nitrogens with one attached hydrogen (secondary N) is 1. The molecule has 1 atom stereocenters. The minimum atomic E-state index is -5.74. The molecule has 0 spiro atoms. The van der Waals surface area contributed by atoms with E-state index in [2.05, 4.69) is 5.32 Å². The van der Waals surface area contributed by atoms with Crippen LogP contribution in [0.1, 0.15) is 0 Å². The number of nitriles is 1. The number of alkyl halides is 6. The second kappa shape index (κ2) is 5.24. The molecule has 1 aliphatic heterocycles. The van der Waals surface area contributed by atoms with Crippen molar-refractivity contribution in [1.82, 2.24) is 10.2 Å². The van der Waals surface area contributed by atoms with E-state index in [1.54, 1.807) is 0 Å². The van der Waals surface area contributed by atoms with E-state index in [1.165, 1.54) is 6.07 Å². The number of amides is 1. The number of nitrogens with zero attached hydrogens (tertiary/aromatic N) is 2. The van der Waals surface area contributed by atoms with Crippen molar-refractivity contribution in [2.45, 2.75) is 18.4 Å². The first-order chi connectivity index (χ1) is 8.59. The van der Waals surface area contributed by atoms with E-state index in [0.717, 1.165) is 0 Å². The Bertz CT molecular complexity index is 371. The van der Waals surface area contributed by atoms with E-state index in [9.17, 15) is 31.1 Å². The second-order valence-electron chi connectivity index (χ2n) is 3.90. The van der Waals surface area contributed by atoms with Gasteiger partial charge in [0.2, 0.25) is 11.8 Å². The second-order valence-corrected chi connectivity index (χ2v) is 3.90. The topological polar surface area (TPSA) is 56.1 Å². The Kier molecular flexibility index (Phi) is 4.29. The third kappa shape index (κ3) is 3.50. The summed E-state index contributed by atoms with van der Waals surface area (Å²) in [6.07, 6.45) is -11.5. The number of carbonyl (C=O) groups excluding carboxylic acids is 1. The molecule has 0 aromatic carbocycles. The van der Waals surface area contributed by atoms with Crippen molar-refractivity contribution in [2.24, 2.45) is 5.92 Å². The molecule has 1 rings (SSSR count). The summed E-state index contributed by atoms with van der Waals surface area (Å²) in [5, 5.41) is 11.3. The van der Waals surface area contributed by atoms with E-state index < -0.39 is 30.2 Å². The Labute approximate surface area is 104 Å². The van der Waals surface area contributed by atoms with Gasteiger partial charge < -0.3 is 10.2 Å². The lowest BCUT2D eigenvalue weighted by atomic mass is 10.0. The highest BCUT2D eigenvalue weighted by atomic mass is 19.4. The fraction of sp³-hybridized carbons (Fsp3) is 0.778. The molecular weight excluding hydrogens is 280 g/mol. The minimum absolute atomic E-state index is 0.0341. The van der Waals surface area contributed by atoms with Crippen LogP contribution in [0, 0.1) is 17.2 Å². The molecule has 1 N–H and O–H groups in total. The molecule has 1 saturated heterocycles. The summed E-state index contributed by atoms with van der Waals surface area (Å²) >= 11 is 0. The third-order valence-electron chi connectivity index (χ3n) is 2.58. The summed E-state index contributed by atoms with van der Waals surface area (Å²) in [5.74, 6) is -6.22. The predicted octanol–water partition coefficient (Wildman–Crippen LogP) is 1.05. The van der Waals surface area contributed by atoms with Gasteiger partial charge in [0.1, 0.15) is 6.04 Å². The molecule has 10 heteroatoms. The zero-order chi connectivity index (χ0) is 14.8. The summed E-state index contributed by atoms with van der Waals surface area (Å²) in [6, 6.07) is 0.161. The number of hydrogen-bond donors (Lipinski definition) is 1. The van der Waals surface area contributed by atoms with Gasteiger partial charge in [0.05, 0.1) is 6.07 Å². The van der Waals surface area contributed by atoms with Crippen molar-refractivity contribution in [1.29, 1.82) is 5.26 Å². The minimum Gasteiger partial charge on any atom is -0.323 e. The van der Waals surface area contributed by atoms with Crippen molar-refractivity contribution in [3.8, 4) is 6.07 Å². The van der Waals surface area contributed by atoms with Crippen molar-refractivity contribution >= 4 is 5.91 Å². The fourth-order valence-corrected chi connectivity index (χ4v) is 1.71. The maximum atomic E-state index is 12.4. The van der Waals surface area contributed by atoms with Gasteiger partial charge in [-0.3, -0.25) is 4.79 Å². The van der Waals surface area contributed by atoms with E-state index in [1.807, 2.05) is 0 Å². The average Bonchev–Trinajstić information content (AvgIpc) is 2.24. The number of rotatable bonds is 1. The first-order valence-electron chi connectivity index (χ1n) is 5.13. The van der Waals surface area contributed by atoms with Crippen LogP contribution in [0.4, 0.5) is 26.3 Å². The van der Waals surface area contributed by atoms with Crippen molar-refractivity contribution in [3.05, 3.63) is 0 Å². The molecule has 1 aliphatic rings. The van der Waals surface area contributed by atoms with Crippen molar-refractivity contribution in [2.75, 3.05) is 19.6 Å². The molecule has 108 valence electrons. The first kappa shape index (κ1) is 15.6.